The number of carbonyl (C=O) groups excluding carboxylic acids is 1. The summed E-state index contributed by atoms with van der Waals surface area (Å²) in [7, 11) is -5.65. The molecule has 6 nitrogen and oxygen atoms in total. The van der Waals surface area contributed by atoms with Gasteiger partial charge in [0.1, 0.15) is 6.61 Å². The van der Waals surface area contributed by atoms with Crippen LogP contribution in [-0.4, -0.2) is 27.8 Å². The van der Waals surface area contributed by atoms with Crippen molar-refractivity contribution >= 4 is 21.1 Å². The quantitative estimate of drug-likeness (QED) is 0.593. The van der Waals surface area contributed by atoms with E-state index in [4.69, 9.17) is 9.63 Å². The number of benzene rings is 1. The van der Waals surface area contributed by atoms with E-state index < -0.39 is 21.1 Å². The minimum absolute atomic E-state index is 0.00285. The van der Waals surface area contributed by atoms with Gasteiger partial charge in [-0.3, -0.25) is 4.57 Å². The molecule has 0 radical (unpaired) electrons. The predicted molar refractivity (Wildman–Crippen MR) is 95.8 cm³/mol. The lowest BCUT2D eigenvalue weighted by Crippen LogP contribution is -2.06. The maximum absolute atomic E-state index is 11.6. The Bertz CT molecular complexity index is 533. The Balaban J connectivity index is 0.000000640. The summed E-state index contributed by atoms with van der Waals surface area (Å²) in [5, 5.41) is 0. The monoisotopic (exact) mass is 377 g/mol. The van der Waals surface area contributed by atoms with Crippen molar-refractivity contribution in [1.82, 2.24) is 0 Å². The Labute approximate surface area is 144 Å². The number of carbonyl (C=O) groups is 1. The van der Waals surface area contributed by atoms with Crippen molar-refractivity contribution in [3.8, 4) is 0 Å². The van der Waals surface area contributed by atoms with Crippen LogP contribution < -0.4 is 0 Å². The molecule has 0 aliphatic heterocycles. The summed E-state index contributed by atoms with van der Waals surface area (Å²) in [5.74, 6) is 0. The Morgan fingerprint density at radius 2 is 1.75 bits per heavy atom. The van der Waals surface area contributed by atoms with Crippen molar-refractivity contribution in [3.63, 3.8) is 0 Å². The highest BCUT2D eigenvalue weighted by atomic mass is 31.2. The molecule has 0 amide bonds. The largest absolute Gasteiger partial charge is 0.505 e. The molecule has 0 aromatic heterocycles. The van der Waals surface area contributed by atoms with E-state index in [9.17, 15) is 18.8 Å². The average molecular weight is 377 g/mol. The van der Waals surface area contributed by atoms with Crippen LogP contribution in [0.15, 0.2) is 30.3 Å². The third-order valence-electron chi connectivity index (χ3n) is 3.01. The molecule has 1 aromatic carbocycles. The highest BCUT2D eigenvalue weighted by Gasteiger charge is 2.29. The summed E-state index contributed by atoms with van der Waals surface area (Å²) in [6, 6.07) is 9.07. The topological polar surface area (TPSA) is 101 Å². The second kappa shape index (κ2) is 13.3. The van der Waals surface area contributed by atoms with E-state index in [1.165, 1.54) is 0 Å². The van der Waals surface area contributed by atoms with Gasteiger partial charge in [-0.1, -0.05) is 57.0 Å². The van der Waals surface area contributed by atoms with Gasteiger partial charge in [0.2, 0.25) is 0 Å². The molecule has 1 aromatic rings. The van der Waals surface area contributed by atoms with Crippen molar-refractivity contribution in [1.29, 1.82) is 0 Å². The van der Waals surface area contributed by atoms with Gasteiger partial charge in [-0.05, 0) is 23.0 Å². The van der Waals surface area contributed by atoms with Gasteiger partial charge in [-0.15, -0.1) is 0 Å². The molecular weight excluding hydrogens is 350 g/mol. The fourth-order valence-corrected chi connectivity index (χ4v) is 3.36. The SMILES string of the molecule is CCCCP(=O)(O)C(=O)OCc1ccccc1.CCCC[P+](=O)O. The van der Waals surface area contributed by atoms with Crippen LogP contribution in [0.5, 0.6) is 0 Å². The lowest BCUT2D eigenvalue weighted by Gasteiger charge is -2.10. The zero-order valence-corrected chi connectivity index (χ0v) is 16.0. The lowest BCUT2D eigenvalue weighted by molar-refractivity contribution is 0.162. The smallest absolute Gasteiger partial charge is 0.454 e. The maximum Gasteiger partial charge on any atom is 0.505 e. The van der Waals surface area contributed by atoms with Gasteiger partial charge >= 0.3 is 21.1 Å². The van der Waals surface area contributed by atoms with Crippen LogP contribution in [0.2, 0.25) is 0 Å². The van der Waals surface area contributed by atoms with Gasteiger partial charge in [0.15, 0.2) is 6.16 Å². The van der Waals surface area contributed by atoms with E-state index in [0.717, 1.165) is 24.8 Å². The van der Waals surface area contributed by atoms with E-state index in [0.29, 0.717) is 12.6 Å². The summed E-state index contributed by atoms with van der Waals surface area (Å²) >= 11 is 0. The van der Waals surface area contributed by atoms with Crippen LogP contribution in [0.3, 0.4) is 0 Å². The highest BCUT2D eigenvalue weighted by molar-refractivity contribution is 7.74. The Hall–Kier alpha value is -1.06. The van der Waals surface area contributed by atoms with Crippen molar-refractivity contribution < 1.29 is 28.4 Å². The van der Waals surface area contributed by atoms with E-state index in [1.807, 2.05) is 32.0 Å². The molecule has 0 aliphatic rings. The minimum atomic E-state index is -3.80. The van der Waals surface area contributed by atoms with Crippen molar-refractivity contribution in [2.24, 2.45) is 0 Å². The molecule has 0 bridgehead atoms. The van der Waals surface area contributed by atoms with Gasteiger partial charge < -0.3 is 9.63 Å². The van der Waals surface area contributed by atoms with E-state index >= 15 is 0 Å². The highest BCUT2D eigenvalue weighted by Crippen LogP contribution is 2.43. The van der Waals surface area contributed by atoms with E-state index in [1.54, 1.807) is 12.1 Å². The third-order valence-corrected chi connectivity index (χ3v) is 5.33. The molecule has 1 rings (SSSR count). The summed E-state index contributed by atoms with van der Waals surface area (Å²) < 4.78 is 26.3. The second-order valence-corrected chi connectivity index (χ2v) is 8.62. The molecule has 136 valence electrons. The number of unbranched alkanes of at least 4 members (excludes halogenated alkanes) is 2. The number of rotatable bonds is 9. The molecule has 0 fully saturated rings. The Morgan fingerprint density at radius 1 is 1.17 bits per heavy atom. The average Bonchev–Trinajstić information content (AvgIpc) is 2.57. The first-order valence-electron chi connectivity index (χ1n) is 8.00. The fraction of sp³-hybridized carbons (Fsp3) is 0.562. The summed E-state index contributed by atoms with van der Waals surface area (Å²) in [5.41, 5.74) is -0.189. The van der Waals surface area contributed by atoms with Crippen LogP contribution in [0.4, 0.5) is 4.79 Å². The van der Waals surface area contributed by atoms with Crippen molar-refractivity contribution in [3.05, 3.63) is 35.9 Å². The summed E-state index contributed by atoms with van der Waals surface area (Å²) in [6.45, 7) is 3.94. The molecule has 2 atom stereocenters. The second-order valence-electron chi connectivity index (χ2n) is 5.25. The third kappa shape index (κ3) is 11.5. The Kier molecular flexibility index (Phi) is 12.7. The molecule has 0 heterocycles. The maximum atomic E-state index is 11.6. The van der Waals surface area contributed by atoms with Crippen LogP contribution in [0.1, 0.15) is 45.1 Å². The van der Waals surface area contributed by atoms with Crippen LogP contribution in [0, 0.1) is 0 Å². The zero-order valence-electron chi connectivity index (χ0n) is 14.3. The molecule has 8 heteroatoms. The molecule has 0 spiro atoms. The summed E-state index contributed by atoms with van der Waals surface area (Å²) in [6.07, 6.45) is 3.65. The Morgan fingerprint density at radius 3 is 2.21 bits per heavy atom. The van der Waals surface area contributed by atoms with Crippen LogP contribution >= 0.6 is 15.4 Å². The number of hydrogen-bond acceptors (Lipinski definition) is 4. The summed E-state index contributed by atoms with van der Waals surface area (Å²) in [4.78, 5) is 29.1. The van der Waals surface area contributed by atoms with Gasteiger partial charge in [0, 0.05) is 6.16 Å². The van der Waals surface area contributed by atoms with Gasteiger partial charge in [0.25, 0.3) is 0 Å². The standard InChI is InChI=1S/C12H17O4P.C4H9O2P/c1-2-3-9-17(14,15)12(13)16-10-11-7-5-4-6-8-11;1-2-3-4-7(5)6/h4-8H,2-3,9-10H2,1H3,(H,14,15);2-4H2,1H3/p+1. The molecule has 2 unspecified atom stereocenters. The first-order valence-corrected chi connectivity index (χ1v) is 11.2. The van der Waals surface area contributed by atoms with Crippen LogP contribution in [0.25, 0.3) is 0 Å². The van der Waals surface area contributed by atoms with Gasteiger partial charge in [-0.2, -0.15) is 4.89 Å². The molecular formula is C16H27O6P2+. The molecule has 2 N–H and O–H groups in total. The van der Waals surface area contributed by atoms with Gasteiger partial charge in [-0.25, -0.2) is 4.79 Å². The number of ether oxygens (including phenoxy) is 1. The minimum Gasteiger partial charge on any atom is -0.454 e. The van der Waals surface area contributed by atoms with Gasteiger partial charge in [0.05, 0.1) is 0 Å². The first-order chi connectivity index (χ1) is 11.3. The first kappa shape index (κ1) is 22.9. The van der Waals surface area contributed by atoms with Crippen molar-refractivity contribution in [2.45, 2.75) is 46.1 Å². The fourth-order valence-electron chi connectivity index (χ4n) is 1.58. The molecule has 24 heavy (non-hydrogen) atoms. The van der Waals surface area contributed by atoms with Crippen molar-refractivity contribution in [2.75, 3.05) is 12.3 Å². The van der Waals surface area contributed by atoms with E-state index in [-0.39, 0.29) is 12.8 Å². The predicted octanol–water partition coefficient (Wildman–Crippen LogP) is 4.91. The molecule has 0 aliphatic carbocycles. The molecule has 0 saturated carbocycles. The van der Waals surface area contributed by atoms with E-state index in [2.05, 4.69) is 0 Å². The molecule has 0 saturated heterocycles. The van der Waals surface area contributed by atoms with Crippen LogP contribution in [-0.2, 0) is 20.5 Å². The zero-order chi connectivity index (χ0) is 18.4. The lowest BCUT2D eigenvalue weighted by atomic mass is 10.2. The normalized spacial score (nSPS) is 13.2. The number of hydrogen-bond donors (Lipinski definition) is 2.